The Morgan fingerprint density at radius 1 is 1.50 bits per heavy atom. The summed E-state index contributed by atoms with van der Waals surface area (Å²) in [6, 6.07) is 0. The van der Waals surface area contributed by atoms with Gasteiger partial charge in [0.25, 0.3) is 0 Å². The van der Waals surface area contributed by atoms with E-state index in [0.717, 1.165) is 5.92 Å². The molecule has 3 N–H and O–H groups in total. The Bertz CT molecular complexity index is 212. The van der Waals surface area contributed by atoms with Gasteiger partial charge in [0.1, 0.15) is 0 Å². The number of nitrogens with zero attached hydrogens (tertiary/aromatic N) is 1. The predicted octanol–water partition coefficient (Wildman–Crippen LogP) is -0.0744. The van der Waals surface area contributed by atoms with Crippen LogP contribution >= 0.6 is 0 Å². The van der Waals surface area contributed by atoms with Gasteiger partial charge in [0, 0.05) is 11.9 Å². The van der Waals surface area contributed by atoms with E-state index >= 15 is 0 Å². The van der Waals surface area contributed by atoms with Crippen molar-refractivity contribution in [2.75, 3.05) is 13.1 Å². The molecule has 1 aliphatic rings. The molecule has 1 aromatic rings. The van der Waals surface area contributed by atoms with Crippen molar-refractivity contribution < 1.29 is 5.32 Å². The molecule has 0 saturated carbocycles. The third-order valence-electron chi connectivity index (χ3n) is 2.62. The van der Waals surface area contributed by atoms with Crippen molar-refractivity contribution in [3.05, 3.63) is 18.2 Å². The van der Waals surface area contributed by atoms with E-state index in [1.807, 2.05) is 6.20 Å². The SMILES string of the molecule is c1ncc(CC2CC[NH2+]CC2)[nH]1. The predicted molar refractivity (Wildman–Crippen MR) is 46.7 cm³/mol. The van der Waals surface area contributed by atoms with Gasteiger partial charge >= 0.3 is 0 Å². The van der Waals surface area contributed by atoms with Crippen molar-refractivity contribution in [3.63, 3.8) is 0 Å². The summed E-state index contributed by atoms with van der Waals surface area (Å²) >= 11 is 0. The van der Waals surface area contributed by atoms with Crippen LogP contribution in [0, 0.1) is 5.92 Å². The fourth-order valence-electron chi connectivity index (χ4n) is 1.91. The third kappa shape index (κ3) is 1.85. The Hall–Kier alpha value is -0.830. The number of quaternary nitrogens is 1. The summed E-state index contributed by atoms with van der Waals surface area (Å²) in [6.45, 7) is 2.61. The molecule has 1 saturated heterocycles. The number of imidazole rings is 1. The van der Waals surface area contributed by atoms with Gasteiger partial charge in [-0.05, 0) is 25.2 Å². The maximum Gasteiger partial charge on any atom is 0.0921 e. The number of aromatic nitrogens is 2. The molecular formula is C9H16N3+. The molecule has 0 unspecified atom stereocenters. The van der Waals surface area contributed by atoms with Crippen LogP contribution in [-0.4, -0.2) is 23.1 Å². The van der Waals surface area contributed by atoms with Crippen molar-refractivity contribution in [3.8, 4) is 0 Å². The van der Waals surface area contributed by atoms with E-state index in [1.165, 1.54) is 38.0 Å². The quantitative estimate of drug-likeness (QED) is 0.634. The Kier molecular flexibility index (Phi) is 2.42. The molecule has 0 spiro atoms. The van der Waals surface area contributed by atoms with E-state index < -0.39 is 0 Å². The first-order chi connectivity index (χ1) is 5.95. The van der Waals surface area contributed by atoms with Gasteiger partial charge in [-0.25, -0.2) is 4.98 Å². The molecule has 1 aromatic heterocycles. The number of piperidine rings is 1. The normalized spacial score (nSPS) is 19.7. The highest BCUT2D eigenvalue weighted by Gasteiger charge is 2.15. The maximum atomic E-state index is 4.02. The highest BCUT2D eigenvalue weighted by Crippen LogP contribution is 2.13. The first-order valence-electron chi connectivity index (χ1n) is 4.74. The van der Waals surface area contributed by atoms with Gasteiger partial charge in [0.05, 0.1) is 19.4 Å². The zero-order chi connectivity index (χ0) is 8.23. The van der Waals surface area contributed by atoms with Gasteiger partial charge in [-0.15, -0.1) is 0 Å². The number of aromatic amines is 1. The van der Waals surface area contributed by atoms with E-state index in [-0.39, 0.29) is 0 Å². The minimum Gasteiger partial charge on any atom is -0.348 e. The molecule has 0 radical (unpaired) electrons. The minimum absolute atomic E-state index is 0.885. The number of nitrogens with one attached hydrogen (secondary N) is 1. The summed E-state index contributed by atoms with van der Waals surface area (Å²) < 4.78 is 0. The monoisotopic (exact) mass is 166 g/mol. The number of H-pyrrole nitrogens is 1. The van der Waals surface area contributed by atoms with E-state index in [4.69, 9.17) is 0 Å². The van der Waals surface area contributed by atoms with E-state index in [9.17, 15) is 0 Å². The van der Waals surface area contributed by atoms with Crippen molar-refractivity contribution >= 4 is 0 Å². The molecule has 1 aliphatic heterocycles. The van der Waals surface area contributed by atoms with E-state index in [0.29, 0.717) is 0 Å². The summed E-state index contributed by atoms with van der Waals surface area (Å²) in [6.07, 6.45) is 7.62. The molecule has 2 heterocycles. The number of hydrogen-bond acceptors (Lipinski definition) is 1. The van der Waals surface area contributed by atoms with Crippen molar-refractivity contribution in [2.24, 2.45) is 5.92 Å². The van der Waals surface area contributed by atoms with Crippen LogP contribution in [0.4, 0.5) is 0 Å². The average Bonchev–Trinajstić information content (AvgIpc) is 2.59. The zero-order valence-corrected chi connectivity index (χ0v) is 7.29. The van der Waals surface area contributed by atoms with Gasteiger partial charge < -0.3 is 10.3 Å². The molecule has 1 fully saturated rings. The summed E-state index contributed by atoms with van der Waals surface area (Å²) in [4.78, 5) is 7.19. The van der Waals surface area contributed by atoms with E-state index in [2.05, 4.69) is 15.3 Å². The Morgan fingerprint density at radius 2 is 2.33 bits per heavy atom. The van der Waals surface area contributed by atoms with Crippen LogP contribution < -0.4 is 5.32 Å². The fraction of sp³-hybridized carbons (Fsp3) is 0.667. The van der Waals surface area contributed by atoms with Crippen molar-refractivity contribution in [2.45, 2.75) is 19.3 Å². The van der Waals surface area contributed by atoms with Gasteiger partial charge in [-0.3, -0.25) is 0 Å². The highest BCUT2D eigenvalue weighted by atomic mass is 14.9. The molecule has 3 nitrogen and oxygen atoms in total. The Morgan fingerprint density at radius 3 is 3.00 bits per heavy atom. The Balaban J connectivity index is 1.86. The second-order valence-corrected chi connectivity index (χ2v) is 3.59. The van der Waals surface area contributed by atoms with Crippen LogP contribution in [0.2, 0.25) is 0 Å². The second kappa shape index (κ2) is 3.72. The Labute approximate surface area is 72.6 Å². The molecule has 12 heavy (non-hydrogen) atoms. The van der Waals surface area contributed by atoms with Gasteiger partial charge in [-0.2, -0.15) is 0 Å². The van der Waals surface area contributed by atoms with Crippen LogP contribution in [-0.2, 0) is 6.42 Å². The van der Waals surface area contributed by atoms with Gasteiger partial charge in [0.2, 0.25) is 0 Å². The minimum atomic E-state index is 0.885. The maximum absolute atomic E-state index is 4.02. The zero-order valence-electron chi connectivity index (χ0n) is 7.29. The second-order valence-electron chi connectivity index (χ2n) is 3.59. The molecule has 66 valence electrons. The van der Waals surface area contributed by atoms with Crippen molar-refractivity contribution in [1.82, 2.24) is 9.97 Å². The summed E-state index contributed by atoms with van der Waals surface area (Å²) in [7, 11) is 0. The lowest BCUT2D eigenvalue weighted by atomic mass is 9.93. The molecule has 2 rings (SSSR count). The average molecular weight is 166 g/mol. The first kappa shape index (κ1) is 7.80. The smallest absolute Gasteiger partial charge is 0.0921 e. The largest absolute Gasteiger partial charge is 0.348 e. The first-order valence-corrected chi connectivity index (χ1v) is 4.74. The summed E-state index contributed by atoms with van der Waals surface area (Å²) in [5.41, 5.74) is 1.29. The van der Waals surface area contributed by atoms with Crippen LogP contribution in [0.1, 0.15) is 18.5 Å². The third-order valence-corrected chi connectivity index (χ3v) is 2.62. The molecular weight excluding hydrogens is 150 g/mol. The summed E-state index contributed by atoms with van der Waals surface area (Å²) in [5, 5.41) is 2.41. The summed E-state index contributed by atoms with van der Waals surface area (Å²) in [5.74, 6) is 0.885. The van der Waals surface area contributed by atoms with Crippen LogP contribution in [0.25, 0.3) is 0 Å². The van der Waals surface area contributed by atoms with Crippen LogP contribution in [0.3, 0.4) is 0 Å². The highest BCUT2D eigenvalue weighted by molar-refractivity contribution is 4.95. The molecule has 0 aromatic carbocycles. The van der Waals surface area contributed by atoms with E-state index in [1.54, 1.807) is 6.33 Å². The molecule has 0 atom stereocenters. The fourth-order valence-corrected chi connectivity index (χ4v) is 1.91. The standard InChI is InChI=1S/C9H15N3/c1-3-10-4-2-8(1)5-9-6-11-7-12-9/h6-8,10H,1-5H2,(H,11,12)/p+1. The lowest BCUT2D eigenvalue weighted by molar-refractivity contribution is -0.664. The lowest BCUT2D eigenvalue weighted by Crippen LogP contribution is -2.86. The molecule has 0 aliphatic carbocycles. The molecule has 0 amide bonds. The lowest BCUT2D eigenvalue weighted by Gasteiger charge is -2.19. The molecule has 0 bridgehead atoms. The van der Waals surface area contributed by atoms with Gasteiger partial charge in [-0.1, -0.05) is 0 Å². The number of rotatable bonds is 2. The van der Waals surface area contributed by atoms with Crippen LogP contribution in [0.15, 0.2) is 12.5 Å². The molecule has 3 heteroatoms. The number of nitrogens with two attached hydrogens (primary N) is 1. The topological polar surface area (TPSA) is 45.3 Å². The number of hydrogen-bond donors (Lipinski definition) is 2. The van der Waals surface area contributed by atoms with Gasteiger partial charge in [0.15, 0.2) is 0 Å². The van der Waals surface area contributed by atoms with Crippen LogP contribution in [0.5, 0.6) is 0 Å². The van der Waals surface area contributed by atoms with Crippen molar-refractivity contribution in [1.29, 1.82) is 0 Å².